The molecule has 0 radical (unpaired) electrons. The Bertz CT molecular complexity index is 1210. The molecule has 2 aromatic carbocycles. The number of benzene rings is 2. The lowest BCUT2D eigenvalue weighted by atomic mass is 10.1. The van der Waals surface area contributed by atoms with E-state index in [0.717, 1.165) is 31.2 Å². The topological polar surface area (TPSA) is 47.0 Å². The number of aromatic nitrogens is 1. The van der Waals surface area contributed by atoms with Gasteiger partial charge in [-0.25, -0.2) is 0 Å². The zero-order valence-corrected chi connectivity index (χ0v) is 20.5. The number of nitrogens with two attached hydrogens (primary N) is 1. The monoisotopic (exact) mass is 509 g/mol. The van der Waals surface area contributed by atoms with E-state index in [9.17, 15) is 4.79 Å². The van der Waals surface area contributed by atoms with E-state index in [-0.39, 0.29) is 5.78 Å². The number of nitrogens with zero attached hydrogens (tertiary/aromatic N) is 1. The van der Waals surface area contributed by atoms with Gasteiger partial charge in [0, 0.05) is 26.9 Å². The fourth-order valence-electron chi connectivity index (χ4n) is 3.42. The highest BCUT2D eigenvalue weighted by molar-refractivity contribution is 9.10. The predicted molar refractivity (Wildman–Crippen MR) is 133 cm³/mol. The summed E-state index contributed by atoms with van der Waals surface area (Å²) >= 11 is 6.62. The minimum absolute atomic E-state index is 0.0483. The summed E-state index contributed by atoms with van der Waals surface area (Å²) < 4.78 is 4.04. The van der Waals surface area contributed by atoms with Crippen LogP contribution in [0.25, 0.3) is 5.69 Å². The molecule has 0 saturated heterocycles. The average molecular weight is 511 g/mol. The van der Waals surface area contributed by atoms with Crippen LogP contribution in [0.5, 0.6) is 0 Å². The molecule has 156 valence electrons. The molecule has 0 fully saturated rings. The Morgan fingerprint density at radius 2 is 1.68 bits per heavy atom. The summed E-state index contributed by atoms with van der Waals surface area (Å²) in [5.41, 5.74) is 12.2. The van der Waals surface area contributed by atoms with Gasteiger partial charge < -0.3 is 5.73 Å². The van der Waals surface area contributed by atoms with E-state index in [1.165, 1.54) is 16.9 Å². The highest BCUT2D eigenvalue weighted by Gasteiger charge is 2.29. The van der Waals surface area contributed by atoms with Gasteiger partial charge in [0.2, 0.25) is 5.78 Å². The van der Waals surface area contributed by atoms with Crippen molar-refractivity contribution in [1.29, 1.82) is 0 Å². The van der Waals surface area contributed by atoms with Crippen LogP contribution < -0.4 is 10.3 Å². The van der Waals surface area contributed by atoms with Crippen LogP contribution in [0, 0.1) is 13.8 Å². The summed E-state index contributed by atoms with van der Waals surface area (Å²) in [4.78, 5) is 13.9. The first-order chi connectivity index (χ1) is 14.9. The van der Waals surface area contributed by atoms with Crippen LogP contribution in [-0.4, -0.2) is 5.78 Å². The fourth-order valence-corrected chi connectivity index (χ4v) is 6.10. The van der Waals surface area contributed by atoms with Crippen molar-refractivity contribution in [3.63, 3.8) is 0 Å². The first kappa shape index (κ1) is 21.8. The lowest BCUT2D eigenvalue weighted by Crippen LogP contribution is -2.32. The number of anilines is 1. The van der Waals surface area contributed by atoms with E-state index in [2.05, 4.69) is 64.9 Å². The molecule has 31 heavy (non-hydrogen) atoms. The van der Waals surface area contributed by atoms with Crippen LogP contribution in [-0.2, 0) is 5.75 Å². The summed E-state index contributed by atoms with van der Waals surface area (Å²) in [7, 11) is 0. The average Bonchev–Trinajstić information content (AvgIpc) is 3.08. The van der Waals surface area contributed by atoms with Crippen molar-refractivity contribution in [3.8, 4) is 5.69 Å². The van der Waals surface area contributed by atoms with Gasteiger partial charge >= 0.3 is 0 Å². The van der Waals surface area contributed by atoms with Gasteiger partial charge in [-0.2, -0.15) is 4.57 Å². The predicted octanol–water partition coefficient (Wildman–Crippen LogP) is 6.51. The number of pyridine rings is 1. The molecule has 0 aliphatic heterocycles. The Hall–Kier alpha value is -2.41. The van der Waals surface area contributed by atoms with Crippen LogP contribution in [0.1, 0.15) is 31.9 Å². The van der Waals surface area contributed by atoms with E-state index in [1.54, 1.807) is 11.8 Å². The van der Waals surface area contributed by atoms with Crippen LogP contribution in [0.15, 0.2) is 81.7 Å². The molecule has 6 heteroatoms. The number of hydrogen-bond acceptors (Lipinski definition) is 4. The number of ketones is 1. The third-order valence-corrected chi connectivity index (χ3v) is 7.87. The maximum Gasteiger partial charge on any atom is 0.259 e. The summed E-state index contributed by atoms with van der Waals surface area (Å²) in [5.74, 6) is 0.762. The van der Waals surface area contributed by atoms with Crippen molar-refractivity contribution in [2.45, 2.75) is 23.8 Å². The van der Waals surface area contributed by atoms with E-state index >= 15 is 0 Å². The molecule has 4 aromatic rings. The van der Waals surface area contributed by atoms with Crippen molar-refractivity contribution in [2.24, 2.45) is 0 Å². The Kier molecular flexibility index (Phi) is 6.60. The number of halogens is 1. The highest BCUT2D eigenvalue weighted by atomic mass is 79.9. The first-order valence-corrected chi connectivity index (χ1v) is 12.4. The quantitative estimate of drug-likeness (QED) is 0.183. The van der Waals surface area contributed by atoms with E-state index in [1.807, 2.05) is 42.5 Å². The number of hydrogen-bond donors (Lipinski definition) is 1. The van der Waals surface area contributed by atoms with Gasteiger partial charge in [-0.05, 0) is 49.7 Å². The Morgan fingerprint density at radius 3 is 2.32 bits per heavy atom. The zero-order valence-electron chi connectivity index (χ0n) is 17.3. The maximum atomic E-state index is 13.3. The molecular weight excluding hydrogens is 488 g/mol. The number of aryl methyl sites for hydroxylation is 2. The van der Waals surface area contributed by atoms with Gasteiger partial charge in [0.25, 0.3) is 5.69 Å². The number of carbonyl (C=O) groups excluding carboxylic acids is 1. The SMILES string of the molecule is Cc1cc(C)c[n+](-c2c(SCc3ccccc3)sc(C(=O)c3ccc(Br)cc3)c2N)c1. The molecule has 0 spiro atoms. The fraction of sp³-hybridized carbons (Fsp3) is 0.120. The van der Waals surface area contributed by atoms with E-state index < -0.39 is 0 Å². The molecular formula is C25H22BrN2OS2+. The standard InChI is InChI=1S/C25H21BrN2OS2/c1-16-12-17(2)14-28(13-16)22-21(27)24(23(29)19-8-10-20(26)11-9-19)31-25(22)30-15-18-6-4-3-5-7-18/h3-14H,15H2,1-2H3,(H-,27,29)/p+1. The molecule has 0 amide bonds. The van der Waals surface area contributed by atoms with Crippen molar-refractivity contribution in [3.05, 3.63) is 105 Å². The number of nitrogen functional groups attached to an aromatic ring is 1. The third-order valence-electron chi connectivity index (χ3n) is 4.81. The van der Waals surface area contributed by atoms with Crippen molar-refractivity contribution in [1.82, 2.24) is 0 Å². The second kappa shape index (κ2) is 9.39. The lowest BCUT2D eigenvalue weighted by Gasteiger charge is -2.03. The smallest absolute Gasteiger partial charge is 0.259 e. The molecule has 0 aliphatic carbocycles. The Labute approximate surface area is 199 Å². The molecule has 2 N–H and O–H groups in total. The van der Waals surface area contributed by atoms with E-state index in [0.29, 0.717) is 16.1 Å². The Balaban J connectivity index is 1.78. The van der Waals surface area contributed by atoms with Gasteiger partial charge in [-0.15, -0.1) is 23.1 Å². The molecule has 0 unspecified atom stereocenters. The molecule has 2 aromatic heterocycles. The summed E-state index contributed by atoms with van der Waals surface area (Å²) in [6, 6.07) is 19.9. The van der Waals surface area contributed by atoms with E-state index in [4.69, 9.17) is 5.73 Å². The van der Waals surface area contributed by atoms with Gasteiger partial charge in [0.1, 0.15) is 14.8 Å². The maximum absolute atomic E-state index is 13.3. The zero-order chi connectivity index (χ0) is 22.0. The normalized spacial score (nSPS) is 10.9. The summed E-state index contributed by atoms with van der Waals surface area (Å²) in [5, 5.41) is 0. The molecule has 4 rings (SSSR count). The first-order valence-electron chi connectivity index (χ1n) is 9.81. The minimum Gasteiger partial charge on any atom is -0.392 e. The number of thiophene rings is 1. The van der Waals surface area contributed by atoms with Gasteiger partial charge in [0.05, 0.1) is 0 Å². The van der Waals surface area contributed by atoms with Gasteiger partial charge in [-0.1, -0.05) is 46.3 Å². The van der Waals surface area contributed by atoms with Crippen LogP contribution >= 0.6 is 39.0 Å². The molecule has 0 bridgehead atoms. The minimum atomic E-state index is -0.0483. The largest absolute Gasteiger partial charge is 0.392 e. The second-order valence-electron chi connectivity index (χ2n) is 7.39. The molecule has 0 aliphatic rings. The van der Waals surface area contributed by atoms with Crippen LogP contribution in [0.3, 0.4) is 0 Å². The van der Waals surface area contributed by atoms with Crippen LogP contribution in [0.2, 0.25) is 0 Å². The number of thioether (sulfide) groups is 1. The molecule has 2 heterocycles. The number of carbonyl (C=O) groups is 1. The molecule has 3 nitrogen and oxygen atoms in total. The van der Waals surface area contributed by atoms with Gasteiger partial charge in [0.15, 0.2) is 12.4 Å². The third kappa shape index (κ3) is 4.92. The Morgan fingerprint density at radius 1 is 1.03 bits per heavy atom. The lowest BCUT2D eigenvalue weighted by molar-refractivity contribution is -0.597. The van der Waals surface area contributed by atoms with Crippen molar-refractivity contribution < 1.29 is 9.36 Å². The van der Waals surface area contributed by atoms with Crippen molar-refractivity contribution >= 4 is 50.5 Å². The molecule has 0 saturated carbocycles. The highest BCUT2D eigenvalue weighted by Crippen LogP contribution is 2.41. The number of rotatable bonds is 6. The van der Waals surface area contributed by atoms with Crippen molar-refractivity contribution in [2.75, 3.05) is 5.73 Å². The van der Waals surface area contributed by atoms with Gasteiger partial charge in [-0.3, -0.25) is 4.79 Å². The summed E-state index contributed by atoms with van der Waals surface area (Å²) in [6.45, 7) is 4.13. The second-order valence-corrected chi connectivity index (χ2v) is 10.6. The molecule has 0 atom stereocenters. The summed E-state index contributed by atoms with van der Waals surface area (Å²) in [6.07, 6.45) is 4.12. The van der Waals surface area contributed by atoms with Crippen LogP contribution in [0.4, 0.5) is 5.69 Å².